The molecule has 256 valence electrons. The largest absolute Gasteiger partial charge is 0.369 e. The van der Waals surface area contributed by atoms with Gasteiger partial charge >= 0.3 is 0 Å². The number of hydrogen-bond donors (Lipinski definition) is 4. The summed E-state index contributed by atoms with van der Waals surface area (Å²) in [5.41, 5.74) is -0.247. The van der Waals surface area contributed by atoms with E-state index in [9.17, 15) is 0 Å². The van der Waals surface area contributed by atoms with Crippen LogP contribution in [0.1, 0.15) is 13.8 Å². The van der Waals surface area contributed by atoms with Crippen LogP contribution >= 0.6 is 135 Å². The van der Waals surface area contributed by atoms with E-state index in [0.717, 1.165) is 74.9 Å². The van der Waals surface area contributed by atoms with E-state index >= 15 is 0 Å². The van der Waals surface area contributed by atoms with Crippen LogP contribution < -0.4 is 21.3 Å². The quantitative estimate of drug-likeness (QED) is 0.102. The Balaban J connectivity index is 1.52. The summed E-state index contributed by atoms with van der Waals surface area (Å²) in [7, 11) is 13.6. The second-order valence-electron chi connectivity index (χ2n) is 10.8. The van der Waals surface area contributed by atoms with Crippen molar-refractivity contribution in [1.82, 2.24) is 21.3 Å². The van der Waals surface area contributed by atoms with Gasteiger partial charge in [-0.2, -0.15) is 0 Å². The molecule has 4 N–H and O–H groups in total. The van der Waals surface area contributed by atoms with Gasteiger partial charge in [-0.15, -0.1) is 0 Å². The first-order chi connectivity index (χ1) is 21.7. The van der Waals surface area contributed by atoms with Crippen LogP contribution in [0.4, 0.5) is 0 Å². The first-order valence-electron chi connectivity index (χ1n) is 14.5. The van der Waals surface area contributed by atoms with Crippen LogP contribution in [0, 0.1) is 5.41 Å². The molecule has 4 rings (SSSR count). The first-order valence-corrected chi connectivity index (χ1v) is 24.9. The van der Waals surface area contributed by atoms with Gasteiger partial charge < -0.3 is 40.2 Å². The summed E-state index contributed by atoms with van der Waals surface area (Å²) < 4.78 is 26.8. The van der Waals surface area contributed by atoms with E-state index in [4.69, 9.17) is 67.8 Å². The van der Waals surface area contributed by atoms with Gasteiger partial charge in [0.15, 0.2) is 0 Å². The van der Waals surface area contributed by atoms with E-state index in [1.807, 2.05) is 0 Å². The highest BCUT2D eigenvalue weighted by Crippen LogP contribution is 2.68. The molecule has 45 heavy (non-hydrogen) atoms. The molecule has 0 spiro atoms. The molecule has 4 heterocycles. The Morgan fingerprint density at radius 2 is 0.867 bits per heavy atom. The summed E-state index contributed by atoms with van der Waals surface area (Å²) in [6.07, 6.45) is -0.388. The Hall–Kier alpha value is 2.84. The zero-order valence-corrected chi connectivity index (χ0v) is 34.8. The van der Waals surface area contributed by atoms with Crippen LogP contribution in [0.5, 0.6) is 0 Å². The third-order valence-corrected chi connectivity index (χ3v) is 24.7. The number of thiocarbonyl (C=S) groups is 4. The first kappa shape index (κ1) is 40.6. The highest BCUT2D eigenvalue weighted by atomic mass is 33.2. The van der Waals surface area contributed by atoms with Crippen molar-refractivity contribution in [3.05, 3.63) is 0 Å². The van der Waals surface area contributed by atoms with Crippen molar-refractivity contribution in [2.24, 2.45) is 5.41 Å². The Morgan fingerprint density at radius 3 is 1.16 bits per heavy atom. The van der Waals surface area contributed by atoms with Gasteiger partial charge in [-0.3, -0.25) is 0 Å². The topological polar surface area (TPSA) is 85.0 Å². The molecule has 0 amide bonds. The fourth-order valence-corrected chi connectivity index (χ4v) is 21.1. The lowest BCUT2D eigenvalue weighted by Crippen LogP contribution is -2.43. The highest BCUT2D eigenvalue weighted by Gasteiger charge is 2.50. The number of rotatable bonds is 14. The van der Waals surface area contributed by atoms with Gasteiger partial charge in [0.25, 0.3) is 0 Å². The van der Waals surface area contributed by atoms with Crippen molar-refractivity contribution < 1.29 is 18.9 Å². The normalized spacial score (nSPS) is 27.8. The smallest absolute Gasteiger partial charge is 0.143 e. The lowest BCUT2D eigenvalue weighted by atomic mass is 9.99. The summed E-state index contributed by atoms with van der Waals surface area (Å²) in [5, 5.41) is 13.6. The van der Waals surface area contributed by atoms with E-state index < -0.39 is 3.41 Å². The molecule has 4 atom stereocenters. The molecule has 4 fully saturated rings. The summed E-state index contributed by atoms with van der Waals surface area (Å²) in [5.74, 6) is 0.823. The minimum Gasteiger partial charge on any atom is -0.369 e. The van der Waals surface area contributed by atoms with Crippen LogP contribution in [0.15, 0.2) is 0 Å². The van der Waals surface area contributed by atoms with Gasteiger partial charge in [0.2, 0.25) is 0 Å². The summed E-state index contributed by atoms with van der Waals surface area (Å²) in [6, 6.07) is 0. The number of ether oxygens (including phenoxy) is 4. The van der Waals surface area contributed by atoms with E-state index in [1.165, 1.54) is 0 Å². The van der Waals surface area contributed by atoms with Crippen molar-refractivity contribution in [1.29, 1.82) is 0 Å². The lowest BCUT2D eigenvalue weighted by Gasteiger charge is -2.44. The SMILES string of the molecule is CC(C)(CSSC(=S)C1CNCCO1)C(SSC(=S)C1CNCCO1)(SSC(=S)C1CNCCO1)SSC(=S)C1CNCCO1. The van der Waals surface area contributed by atoms with Crippen LogP contribution in [0.3, 0.4) is 0 Å². The number of hydrogen-bond acceptors (Lipinski definition) is 20. The Kier molecular flexibility index (Phi) is 19.3. The average molecular weight is 845 g/mol. The molecule has 0 radical (unpaired) electrons. The standard InChI is InChI=1S/C25H40N4O4S12/c1-24(2,15-38-39-20(34)16-11-26-3-7-30-16)25(43-40-21(35)17-12-27-4-8-31-17,44-41-22(36)18-13-28-5-9-32-18)45-42-23(37)19-14-29-6-10-33-19/h16-19,26-29H,3-15H2,1-2H3. The van der Waals surface area contributed by atoms with Crippen LogP contribution in [0.25, 0.3) is 0 Å². The molecule has 0 aromatic heterocycles. The lowest BCUT2D eigenvalue weighted by molar-refractivity contribution is 0.0743. The van der Waals surface area contributed by atoms with Crippen molar-refractivity contribution in [2.75, 3.05) is 84.5 Å². The van der Waals surface area contributed by atoms with Gasteiger partial charge in [-0.05, 0) is 43.2 Å². The Bertz CT molecular complexity index is 908. The van der Waals surface area contributed by atoms with E-state index in [-0.39, 0.29) is 29.8 Å². The zero-order chi connectivity index (χ0) is 32.1. The van der Waals surface area contributed by atoms with E-state index in [1.54, 1.807) is 86.4 Å². The van der Waals surface area contributed by atoms with Crippen molar-refractivity contribution in [3.8, 4) is 0 Å². The van der Waals surface area contributed by atoms with Crippen LogP contribution in [-0.2, 0) is 18.9 Å². The predicted molar refractivity (Wildman–Crippen MR) is 223 cm³/mol. The minimum atomic E-state index is -0.449. The molecule has 0 aromatic rings. The number of nitrogens with one attached hydrogen (secondary N) is 4. The molecule has 4 aliphatic rings. The molecule has 0 aromatic carbocycles. The third-order valence-electron chi connectivity index (χ3n) is 6.85. The molecule has 20 heteroatoms. The highest BCUT2D eigenvalue weighted by molar-refractivity contribution is 8.99. The molecule has 4 aliphatic heterocycles. The summed E-state index contributed by atoms with van der Waals surface area (Å²) in [4.78, 5) is 0. The van der Waals surface area contributed by atoms with Crippen LogP contribution in [-0.4, -0.2) is 129 Å². The van der Waals surface area contributed by atoms with Crippen molar-refractivity contribution in [3.63, 3.8) is 0 Å². The average Bonchev–Trinajstić information content (AvgIpc) is 3.08. The second kappa shape index (κ2) is 21.4. The Morgan fingerprint density at radius 1 is 0.556 bits per heavy atom. The molecule has 4 saturated heterocycles. The Labute approximate surface area is 320 Å². The maximum atomic E-state index is 6.01. The van der Waals surface area contributed by atoms with Gasteiger partial charge in [-0.25, -0.2) is 0 Å². The maximum Gasteiger partial charge on any atom is 0.143 e. The fourth-order valence-electron chi connectivity index (χ4n) is 4.07. The fraction of sp³-hybridized carbons (Fsp3) is 0.840. The van der Waals surface area contributed by atoms with Crippen LogP contribution in [0.2, 0.25) is 0 Å². The van der Waals surface area contributed by atoms with Crippen molar-refractivity contribution in [2.45, 2.75) is 41.7 Å². The molecular weight excluding hydrogens is 805 g/mol. The zero-order valence-electron chi connectivity index (χ0n) is 25.0. The monoisotopic (exact) mass is 844 g/mol. The number of morpholine rings is 4. The molecule has 0 bridgehead atoms. The molecular formula is C25H40N4O4S12. The van der Waals surface area contributed by atoms with Gasteiger partial charge in [0.1, 0.15) is 27.8 Å². The predicted octanol–water partition coefficient (Wildman–Crippen LogP) is 5.46. The molecule has 0 aliphatic carbocycles. The van der Waals surface area contributed by atoms with Gasteiger partial charge in [-0.1, -0.05) is 106 Å². The summed E-state index contributed by atoms with van der Waals surface area (Å²) >= 11 is 23.5. The summed E-state index contributed by atoms with van der Waals surface area (Å²) in [6.45, 7) is 13.6. The molecule has 8 nitrogen and oxygen atoms in total. The second-order valence-corrected chi connectivity index (χ2v) is 23.9. The van der Waals surface area contributed by atoms with Crippen molar-refractivity contribution >= 4 is 152 Å². The van der Waals surface area contributed by atoms with Gasteiger partial charge in [0, 0.05) is 63.5 Å². The van der Waals surface area contributed by atoms with E-state index in [0.29, 0.717) is 26.4 Å². The van der Waals surface area contributed by atoms with Gasteiger partial charge in [0.05, 0.1) is 43.2 Å². The maximum absolute atomic E-state index is 6.01. The molecule has 4 unspecified atom stereocenters. The minimum absolute atomic E-state index is 0.0525. The molecule has 0 saturated carbocycles. The third kappa shape index (κ3) is 13.1. The van der Waals surface area contributed by atoms with E-state index in [2.05, 4.69) is 35.1 Å².